The highest BCUT2D eigenvalue weighted by Crippen LogP contribution is 2.38. The number of rotatable bonds is 2. The van der Waals surface area contributed by atoms with Crippen molar-refractivity contribution < 1.29 is 19.5 Å². The predicted octanol–water partition coefficient (Wildman–Crippen LogP) is 2.15. The van der Waals surface area contributed by atoms with Crippen molar-refractivity contribution in [3.63, 3.8) is 0 Å². The van der Waals surface area contributed by atoms with Crippen molar-refractivity contribution in [2.24, 2.45) is 11.8 Å². The number of fused-ring (bicyclic) bond motifs is 1. The van der Waals surface area contributed by atoms with E-state index >= 15 is 0 Å². The summed E-state index contributed by atoms with van der Waals surface area (Å²) in [6, 6.07) is 4.50. The summed E-state index contributed by atoms with van der Waals surface area (Å²) in [5.41, 5.74) is 1.18. The van der Waals surface area contributed by atoms with Crippen molar-refractivity contribution in [1.82, 2.24) is 0 Å². The lowest BCUT2D eigenvalue weighted by Gasteiger charge is -2.18. The lowest BCUT2D eigenvalue weighted by molar-refractivity contribution is -0.122. The Morgan fingerprint density at radius 1 is 1.14 bits per heavy atom. The number of aryl methyl sites for hydroxylation is 1. The number of nitrogens with zero attached hydrogens (tertiary/aromatic N) is 1. The third-order valence-corrected chi connectivity index (χ3v) is 4.20. The molecule has 1 aromatic rings. The number of carbonyl (C=O) groups excluding carboxylic acids is 2. The first-order valence-corrected chi connectivity index (χ1v) is 6.87. The fourth-order valence-electron chi connectivity index (χ4n) is 3.02. The van der Waals surface area contributed by atoms with Gasteiger partial charge in [0.1, 0.15) is 0 Å². The minimum Gasteiger partial charge on any atom is -0.478 e. The van der Waals surface area contributed by atoms with Gasteiger partial charge < -0.3 is 5.11 Å². The molecular weight excluding hydrogens is 270 g/mol. The van der Waals surface area contributed by atoms with Crippen LogP contribution in [0, 0.1) is 18.8 Å². The maximum atomic E-state index is 12.5. The zero-order chi connectivity index (χ0) is 15.1. The first-order valence-electron chi connectivity index (χ1n) is 6.87. The van der Waals surface area contributed by atoms with Gasteiger partial charge in [0.05, 0.1) is 23.1 Å². The summed E-state index contributed by atoms with van der Waals surface area (Å²) in [7, 11) is 0. The van der Waals surface area contributed by atoms with Crippen LogP contribution >= 0.6 is 0 Å². The molecule has 2 atom stereocenters. The zero-order valence-corrected chi connectivity index (χ0v) is 11.6. The molecule has 2 aliphatic rings. The number of anilines is 1. The lowest BCUT2D eigenvalue weighted by atomic mass is 9.85. The molecule has 0 unspecified atom stereocenters. The second-order valence-electron chi connectivity index (χ2n) is 5.47. The summed E-state index contributed by atoms with van der Waals surface area (Å²) >= 11 is 0. The van der Waals surface area contributed by atoms with Crippen LogP contribution < -0.4 is 4.90 Å². The van der Waals surface area contributed by atoms with Crippen molar-refractivity contribution in [1.29, 1.82) is 0 Å². The first kappa shape index (κ1) is 13.5. The number of carboxylic acid groups (broad SMARTS) is 1. The predicted molar refractivity (Wildman–Crippen MR) is 76.0 cm³/mol. The van der Waals surface area contributed by atoms with Crippen molar-refractivity contribution in [3.05, 3.63) is 41.5 Å². The summed E-state index contributed by atoms with van der Waals surface area (Å²) in [5, 5.41) is 9.08. The molecule has 1 aliphatic heterocycles. The normalized spacial score (nSPS) is 24.3. The molecule has 1 N–H and O–H groups in total. The van der Waals surface area contributed by atoms with E-state index in [2.05, 4.69) is 0 Å². The second-order valence-corrected chi connectivity index (χ2v) is 5.47. The molecule has 1 aromatic carbocycles. The van der Waals surface area contributed by atoms with E-state index in [0.717, 1.165) is 0 Å². The van der Waals surface area contributed by atoms with Crippen LogP contribution in [0.4, 0.5) is 5.69 Å². The van der Waals surface area contributed by atoms with Gasteiger partial charge in [0.15, 0.2) is 0 Å². The Morgan fingerprint density at radius 2 is 1.71 bits per heavy atom. The molecule has 21 heavy (non-hydrogen) atoms. The number of allylic oxidation sites excluding steroid dienone is 2. The molecule has 0 radical (unpaired) electrons. The molecule has 1 saturated heterocycles. The molecule has 2 amide bonds. The molecular formula is C16H15NO4. The van der Waals surface area contributed by atoms with Crippen LogP contribution in [0.25, 0.3) is 0 Å². The molecule has 0 saturated carbocycles. The Bertz CT molecular complexity index is 651. The van der Waals surface area contributed by atoms with E-state index < -0.39 is 5.97 Å². The van der Waals surface area contributed by atoms with E-state index in [4.69, 9.17) is 5.11 Å². The highest BCUT2D eigenvalue weighted by Gasteiger charge is 2.48. The van der Waals surface area contributed by atoms with Gasteiger partial charge in [-0.2, -0.15) is 0 Å². The number of hydrogen-bond acceptors (Lipinski definition) is 3. The van der Waals surface area contributed by atoms with Gasteiger partial charge in [-0.1, -0.05) is 18.2 Å². The largest absolute Gasteiger partial charge is 0.478 e. The summed E-state index contributed by atoms with van der Waals surface area (Å²) in [6.07, 6.45) is 5.00. The minimum atomic E-state index is -1.07. The Balaban J connectivity index is 2.05. The Kier molecular flexibility index (Phi) is 3.12. The van der Waals surface area contributed by atoms with E-state index in [1.165, 1.54) is 17.0 Å². The number of imide groups is 1. The maximum Gasteiger partial charge on any atom is 0.335 e. The van der Waals surface area contributed by atoms with Crippen LogP contribution in [0.5, 0.6) is 0 Å². The van der Waals surface area contributed by atoms with Crippen LogP contribution in [0.15, 0.2) is 30.4 Å². The summed E-state index contributed by atoms with van der Waals surface area (Å²) in [5.74, 6) is -2.14. The molecule has 5 nitrogen and oxygen atoms in total. The number of hydrogen-bond donors (Lipinski definition) is 1. The highest BCUT2D eigenvalue weighted by molar-refractivity contribution is 6.22. The third-order valence-electron chi connectivity index (χ3n) is 4.20. The SMILES string of the molecule is Cc1ccc(C(=O)O)cc1N1C(=O)[C@H]2CC=CC[C@H]2C1=O. The van der Waals surface area contributed by atoms with Crippen molar-refractivity contribution in [2.45, 2.75) is 19.8 Å². The van der Waals surface area contributed by atoms with Crippen LogP contribution in [0.1, 0.15) is 28.8 Å². The molecule has 1 fully saturated rings. The average Bonchev–Trinajstić information content (AvgIpc) is 2.72. The fraction of sp³-hybridized carbons (Fsp3) is 0.312. The highest BCUT2D eigenvalue weighted by atomic mass is 16.4. The van der Waals surface area contributed by atoms with E-state index in [-0.39, 0.29) is 29.2 Å². The molecule has 108 valence electrons. The topological polar surface area (TPSA) is 74.7 Å². The van der Waals surface area contributed by atoms with Gasteiger partial charge in [-0.25, -0.2) is 9.69 Å². The summed E-state index contributed by atoms with van der Waals surface area (Å²) < 4.78 is 0. The number of aromatic carboxylic acids is 1. The van der Waals surface area contributed by atoms with Crippen molar-refractivity contribution in [3.8, 4) is 0 Å². The van der Waals surface area contributed by atoms with E-state index in [0.29, 0.717) is 24.1 Å². The number of carbonyl (C=O) groups is 3. The van der Waals surface area contributed by atoms with Gasteiger partial charge in [-0.05, 0) is 37.5 Å². The first-order chi connectivity index (χ1) is 10.0. The van der Waals surface area contributed by atoms with Crippen LogP contribution in [-0.2, 0) is 9.59 Å². The van der Waals surface area contributed by atoms with Crippen molar-refractivity contribution >= 4 is 23.5 Å². The monoisotopic (exact) mass is 285 g/mol. The van der Waals surface area contributed by atoms with Gasteiger partial charge in [0.2, 0.25) is 11.8 Å². The Labute approximate surface area is 121 Å². The molecule has 1 aliphatic carbocycles. The molecule has 0 aromatic heterocycles. The van der Waals surface area contributed by atoms with Gasteiger partial charge in [0, 0.05) is 0 Å². The standard InChI is InChI=1S/C16H15NO4/c1-9-6-7-10(16(20)21)8-13(9)17-14(18)11-4-2-3-5-12(11)15(17)19/h2-3,6-8,11-12H,4-5H2,1H3,(H,20,21)/t11-,12+. The summed E-state index contributed by atoms with van der Waals surface area (Å²) in [6.45, 7) is 1.77. The zero-order valence-electron chi connectivity index (χ0n) is 11.6. The quantitative estimate of drug-likeness (QED) is 0.667. The van der Waals surface area contributed by atoms with Crippen molar-refractivity contribution in [2.75, 3.05) is 4.90 Å². The van der Waals surface area contributed by atoms with E-state index in [9.17, 15) is 14.4 Å². The molecule has 0 bridgehead atoms. The van der Waals surface area contributed by atoms with Gasteiger partial charge in [-0.3, -0.25) is 9.59 Å². The molecule has 1 heterocycles. The smallest absolute Gasteiger partial charge is 0.335 e. The lowest BCUT2D eigenvalue weighted by Crippen LogP contribution is -2.31. The minimum absolute atomic E-state index is 0.0733. The number of benzene rings is 1. The van der Waals surface area contributed by atoms with Gasteiger partial charge >= 0.3 is 5.97 Å². The molecule has 3 rings (SSSR count). The molecule has 5 heteroatoms. The number of carboxylic acids is 1. The van der Waals surface area contributed by atoms with Crippen LogP contribution in [0.3, 0.4) is 0 Å². The van der Waals surface area contributed by atoms with Gasteiger partial charge in [-0.15, -0.1) is 0 Å². The third kappa shape index (κ3) is 2.05. The number of amides is 2. The maximum absolute atomic E-state index is 12.5. The van der Waals surface area contributed by atoms with E-state index in [1.54, 1.807) is 13.0 Å². The fourth-order valence-corrected chi connectivity index (χ4v) is 3.02. The van der Waals surface area contributed by atoms with E-state index in [1.807, 2.05) is 12.2 Å². The summed E-state index contributed by atoms with van der Waals surface area (Å²) in [4.78, 5) is 37.3. The Hall–Kier alpha value is -2.43. The Morgan fingerprint density at radius 3 is 2.24 bits per heavy atom. The average molecular weight is 285 g/mol. The second kappa shape index (κ2) is 4.84. The van der Waals surface area contributed by atoms with Crippen LogP contribution in [0.2, 0.25) is 0 Å². The molecule has 0 spiro atoms. The van der Waals surface area contributed by atoms with Gasteiger partial charge in [0.25, 0.3) is 0 Å². The van der Waals surface area contributed by atoms with Crippen LogP contribution in [-0.4, -0.2) is 22.9 Å².